The Bertz CT molecular complexity index is 1200. The molecule has 1 N–H and O–H groups in total. The van der Waals surface area contributed by atoms with Crippen LogP contribution >= 0.6 is 0 Å². The maximum atomic E-state index is 13.3. The van der Waals surface area contributed by atoms with Gasteiger partial charge in [0.15, 0.2) is 5.76 Å². The van der Waals surface area contributed by atoms with Gasteiger partial charge in [0.05, 0.1) is 12.2 Å². The molecule has 2 fully saturated rings. The largest absolute Gasteiger partial charge is 0.369 e. The van der Waals surface area contributed by atoms with E-state index >= 15 is 0 Å². The molecular formula is C31H39N5O2. The second-order valence-corrected chi connectivity index (χ2v) is 11.1. The fourth-order valence-corrected chi connectivity index (χ4v) is 6.37. The molecule has 1 amide bonds. The molecule has 1 aromatic heterocycles. The Labute approximate surface area is 225 Å². The molecule has 0 radical (unpaired) electrons. The van der Waals surface area contributed by atoms with Crippen LogP contribution in [-0.2, 0) is 30.7 Å². The summed E-state index contributed by atoms with van der Waals surface area (Å²) in [6, 6.07) is 21.3. The SMILES string of the molecule is O=C(C[C@@H]1CCNC[C@H]1Cc1cc(CN2CCN(c3ccccc3)CC2)on1)N1CCc2ccccc2C1. The third kappa shape index (κ3) is 5.94. The van der Waals surface area contributed by atoms with Crippen LogP contribution in [0.2, 0.25) is 0 Å². The Hall–Kier alpha value is -3.16. The minimum absolute atomic E-state index is 0.298. The maximum Gasteiger partial charge on any atom is 0.223 e. The summed E-state index contributed by atoms with van der Waals surface area (Å²) >= 11 is 0. The zero-order valence-electron chi connectivity index (χ0n) is 22.2. The van der Waals surface area contributed by atoms with E-state index in [2.05, 4.69) is 85.8 Å². The van der Waals surface area contributed by atoms with Crippen molar-refractivity contribution in [2.45, 2.75) is 38.8 Å². The molecule has 2 saturated heterocycles. The molecule has 38 heavy (non-hydrogen) atoms. The van der Waals surface area contributed by atoms with Gasteiger partial charge in [-0.05, 0) is 67.4 Å². The lowest BCUT2D eigenvalue weighted by atomic mass is 9.80. The van der Waals surface area contributed by atoms with Gasteiger partial charge in [-0.1, -0.05) is 47.6 Å². The Kier molecular flexibility index (Phi) is 7.74. The summed E-state index contributed by atoms with van der Waals surface area (Å²) < 4.78 is 5.76. The highest BCUT2D eigenvalue weighted by Crippen LogP contribution is 2.28. The smallest absolute Gasteiger partial charge is 0.223 e. The molecule has 3 aromatic rings. The molecule has 7 nitrogen and oxygen atoms in total. The number of piperazine rings is 1. The summed E-state index contributed by atoms with van der Waals surface area (Å²) in [4.78, 5) is 20.2. The maximum absolute atomic E-state index is 13.3. The molecule has 3 aliphatic rings. The topological polar surface area (TPSA) is 64.9 Å². The zero-order valence-corrected chi connectivity index (χ0v) is 22.2. The lowest BCUT2D eigenvalue weighted by Crippen LogP contribution is -2.45. The number of amides is 1. The van der Waals surface area contributed by atoms with Gasteiger partial charge >= 0.3 is 0 Å². The predicted molar refractivity (Wildman–Crippen MR) is 149 cm³/mol. The molecule has 0 saturated carbocycles. The number of anilines is 1. The standard InChI is InChI=1S/C31H39N5O2/c37-31(36-13-11-24-6-4-5-7-26(24)22-36)19-25-10-12-32-21-27(25)18-28-20-30(38-33-28)23-34-14-16-35(17-15-34)29-8-2-1-3-9-29/h1-9,20,25,27,32H,10-19,21-23H2/t25-,27+/m0/s1. The van der Waals surface area contributed by atoms with Gasteiger partial charge in [-0.2, -0.15) is 0 Å². The van der Waals surface area contributed by atoms with Crippen LogP contribution in [0.25, 0.3) is 0 Å². The molecule has 0 bridgehead atoms. The number of piperidine rings is 1. The van der Waals surface area contributed by atoms with E-state index in [4.69, 9.17) is 4.52 Å². The number of hydrogen-bond donors (Lipinski definition) is 1. The van der Waals surface area contributed by atoms with Crippen LogP contribution in [0.3, 0.4) is 0 Å². The van der Waals surface area contributed by atoms with Crippen LogP contribution in [0.5, 0.6) is 0 Å². The first-order chi connectivity index (χ1) is 18.7. The first-order valence-electron chi connectivity index (χ1n) is 14.2. The molecule has 7 heteroatoms. The van der Waals surface area contributed by atoms with Crippen molar-refractivity contribution in [1.29, 1.82) is 0 Å². The first-order valence-corrected chi connectivity index (χ1v) is 14.2. The number of benzene rings is 2. The van der Waals surface area contributed by atoms with Crippen molar-refractivity contribution >= 4 is 11.6 Å². The first kappa shape index (κ1) is 25.1. The zero-order chi connectivity index (χ0) is 25.7. The summed E-state index contributed by atoms with van der Waals surface area (Å²) in [6.45, 7) is 8.38. The van der Waals surface area contributed by atoms with Gasteiger partial charge in [-0.15, -0.1) is 0 Å². The van der Waals surface area contributed by atoms with Crippen molar-refractivity contribution < 1.29 is 9.32 Å². The van der Waals surface area contributed by atoms with E-state index in [0.29, 0.717) is 24.2 Å². The number of hydrogen-bond acceptors (Lipinski definition) is 6. The van der Waals surface area contributed by atoms with Crippen LogP contribution in [0.15, 0.2) is 65.2 Å². The van der Waals surface area contributed by atoms with Crippen molar-refractivity contribution in [3.05, 3.63) is 83.2 Å². The second kappa shape index (κ2) is 11.7. The van der Waals surface area contributed by atoms with Gasteiger partial charge in [0.1, 0.15) is 0 Å². The Morgan fingerprint density at radius 2 is 1.74 bits per heavy atom. The molecule has 2 aromatic carbocycles. The van der Waals surface area contributed by atoms with E-state index in [1.54, 1.807) is 0 Å². The Balaban J connectivity index is 1.00. The number of aromatic nitrogens is 1. The third-order valence-electron chi connectivity index (χ3n) is 8.64. The number of fused-ring (bicyclic) bond motifs is 1. The van der Waals surface area contributed by atoms with Crippen molar-refractivity contribution in [3.8, 4) is 0 Å². The quantitative estimate of drug-likeness (QED) is 0.519. The minimum Gasteiger partial charge on any atom is -0.369 e. The molecule has 0 aliphatic carbocycles. The average Bonchev–Trinajstić information content (AvgIpc) is 3.41. The van der Waals surface area contributed by atoms with Crippen LogP contribution in [0.1, 0.15) is 35.4 Å². The third-order valence-corrected chi connectivity index (χ3v) is 8.64. The van der Waals surface area contributed by atoms with Crippen molar-refractivity contribution in [2.24, 2.45) is 11.8 Å². The average molecular weight is 514 g/mol. The lowest BCUT2D eigenvalue weighted by Gasteiger charge is -2.35. The number of carbonyl (C=O) groups is 1. The summed E-state index contributed by atoms with van der Waals surface area (Å²) in [7, 11) is 0. The normalized spacial score (nSPS) is 22.3. The fourth-order valence-electron chi connectivity index (χ4n) is 6.37. The number of rotatable bonds is 7. The Morgan fingerprint density at radius 3 is 2.58 bits per heavy atom. The molecule has 200 valence electrons. The van der Waals surface area contributed by atoms with Crippen LogP contribution < -0.4 is 10.2 Å². The van der Waals surface area contributed by atoms with E-state index < -0.39 is 0 Å². The van der Waals surface area contributed by atoms with Gasteiger partial charge in [0.2, 0.25) is 5.91 Å². The highest BCUT2D eigenvalue weighted by Gasteiger charge is 2.31. The summed E-state index contributed by atoms with van der Waals surface area (Å²) in [5.41, 5.74) is 5.00. The predicted octanol–water partition coefficient (Wildman–Crippen LogP) is 3.74. The molecular weight excluding hydrogens is 474 g/mol. The fraction of sp³-hybridized carbons (Fsp3) is 0.484. The molecule has 3 aliphatic heterocycles. The van der Waals surface area contributed by atoms with Gasteiger partial charge in [-0.3, -0.25) is 9.69 Å². The summed E-state index contributed by atoms with van der Waals surface area (Å²) in [6.07, 6.45) is 3.49. The van der Waals surface area contributed by atoms with E-state index in [-0.39, 0.29) is 0 Å². The van der Waals surface area contributed by atoms with Crippen molar-refractivity contribution in [1.82, 2.24) is 20.3 Å². The number of nitrogens with one attached hydrogen (secondary N) is 1. The van der Waals surface area contributed by atoms with E-state index in [1.807, 2.05) is 0 Å². The molecule has 6 rings (SSSR count). The summed E-state index contributed by atoms with van der Waals surface area (Å²) in [5, 5.41) is 7.98. The highest BCUT2D eigenvalue weighted by molar-refractivity contribution is 5.77. The second-order valence-electron chi connectivity index (χ2n) is 11.1. The molecule has 0 spiro atoms. The molecule has 4 heterocycles. The minimum atomic E-state index is 0.298. The van der Waals surface area contributed by atoms with Crippen LogP contribution in [0, 0.1) is 11.8 Å². The van der Waals surface area contributed by atoms with Gasteiger partial charge in [0.25, 0.3) is 0 Å². The number of nitrogens with zero attached hydrogens (tertiary/aromatic N) is 4. The van der Waals surface area contributed by atoms with Gasteiger partial charge < -0.3 is 19.6 Å². The monoisotopic (exact) mass is 513 g/mol. The Morgan fingerprint density at radius 1 is 0.947 bits per heavy atom. The van der Waals surface area contributed by atoms with Gasteiger partial charge in [0, 0.05) is 57.4 Å². The van der Waals surface area contributed by atoms with E-state index in [1.165, 1.54) is 16.8 Å². The lowest BCUT2D eigenvalue weighted by molar-refractivity contribution is -0.133. The summed E-state index contributed by atoms with van der Waals surface area (Å²) in [5.74, 6) is 2.02. The van der Waals surface area contributed by atoms with E-state index in [9.17, 15) is 4.79 Å². The molecule has 0 unspecified atom stereocenters. The van der Waals surface area contributed by atoms with Crippen LogP contribution in [0.4, 0.5) is 5.69 Å². The number of para-hydroxylation sites is 1. The molecule has 2 atom stereocenters. The number of carbonyl (C=O) groups excluding carboxylic acids is 1. The van der Waals surface area contributed by atoms with Gasteiger partial charge in [-0.25, -0.2) is 0 Å². The van der Waals surface area contributed by atoms with Crippen molar-refractivity contribution in [3.63, 3.8) is 0 Å². The van der Waals surface area contributed by atoms with Crippen molar-refractivity contribution in [2.75, 3.05) is 50.7 Å². The van der Waals surface area contributed by atoms with E-state index in [0.717, 1.165) is 89.6 Å². The van der Waals surface area contributed by atoms with Crippen LogP contribution in [-0.4, -0.2) is 66.7 Å². The highest BCUT2D eigenvalue weighted by atomic mass is 16.5.